The molecule has 1 aromatic carbocycles. The Hall–Kier alpha value is -2.01. The van der Waals surface area contributed by atoms with Crippen LogP contribution in [0.2, 0.25) is 5.02 Å². The minimum Gasteiger partial charge on any atom is -0.466 e. The third-order valence-electron chi connectivity index (χ3n) is 3.52. The van der Waals surface area contributed by atoms with Crippen molar-refractivity contribution in [3.05, 3.63) is 46.1 Å². The number of carbonyl (C=O) groups excluding carboxylic acids is 2. The summed E-state index contributed by atoms with van der Waals surface area (Å²) in [5.41, 5.74) is 1.82. The molecular formula is C15H17ClN2O3. The number of rotatable bonds is 3. The fourth-order valence-corrected chi connectivity index (χ4v) is 2.57. The molecule has 112 valence electrons. The maximum Gasteiger partial charge on any atom is 0.337 e. The van der Waals surface area contributed by atoms with Crippen LogP contribution < -0.4 is 5.32 Å². The fourth-order valence-electron chi connectivity index (χ4n) is 2.44. The van der Waals surface area contributed by atoms with E-state index in [1.807, 2.05) is 6.92 Å². The van der Waals surface area contributed by atoms with Crippen molar-refractivity contribution in [2.24, 2.45) is 0 Å². The van der Waals surface area contributed by atoms with Crippen LogP contribution in [0.15, 0.2) is 35.5 Å². The van der Waals surface area contributed by atoms with Crippen LogP contribution in [0.4, 0.5) is 4.79 Å². The van der Waals surface area contributed by atoms with Crippen LogP contribution in [-0.4, -0.2) is 30.6 Å². The van der Waals surface area contributed by atoms with E-state index in [-0.39, 0.29) is 6.03 Å². The van der Waals surface area contributed by atoms with Gasteiger partial charge in [0.1, 0.15) is 0 Å². The molecule has 0 aromatic heterocycles. The van der Waals surface area contributed by atoms with Gasteiger partial charge >= 0.3 is 12.0 Å². The highest BCUT2D eigenvalue weighted by atomic mass is 35.5. The molecule has 6 heteroatoms. The van der Waals surface area contributed by atoms with Crippen LogP contribution >= 0.6 is 11.6 Å². The molecule has 0 aliphatic carbocycles. The van der Waals surface area contributed by atoms with Gasteiger partial charge < -0.3 is 10.1 Å². The predicted octanol–water partition coefficient (Wildman–Crippen LogP) is 2.87. The maximum absolute atomic E-state index is 12.1. The van der Waals surface area contributed by atoms with Gasteiger partial charge in [-0.25, -0.2) is 9.59 Å². The summed E-state index contributed by atoms with van der Waals surface area (Å²) in [7, 11) is 1.33. The SMILES string of the molecule is CCN1C(=O)N[C@@H](c2ccc(Cl)cc2)C(C(=O)OC)=C1C. The fraction of sp³-hybridized carbons (Fsp3) is 0.333. The summed E-state index contributed by atoms with van der Waals surface area (Å²) >= 11 is 5.88. The Balaban J connectivity index is 2.52. The summed E-state index contributed by atoms with van der Waals surface area (Å²) in [4.78, 5) is 25.8. The maximum atomic E-state index is 12.1. The molecule has 1 aliphatic rings. The molecule has 1 atom stereocenters. The van der Waals surface area contributed by atoms with Crippen molar-refractivity contribution in [2.75, 3.05) is 13.7 Å². The lowest BCUT2D eigenvalue weighted by Crippen LogP contribution is -2.47. The van der Waals surface area contributed by atoms with Gasteiger partial charge in [0.05, 0.1) is 18.7 Å². The Morgan fingerprint density at radius 2 is 2.00 bits per heavy atom. The van der Waals surface area contributed by atoms with Crippen molar-refractivity contribution in [3.63, 3.8) is 0 Å². The number of nitrogens with one attached hydrogen (secondary N) is 1. The molecule has 0 bridgehead atoms. The second-order valence-electron chi connectivity index (χ2n) is 4.67. The smallest absolute Gasteiger partial charge is 0.337 e. The quantitative estimate of drug-likeness (QED) is 0.874. The Morgan fingerprint density at radius 1 is 1.38 bits per heavy atom. The van der Waals surface area contributed by atoms with Crippen molar-refractivity contribution in [2.45, 2.75) is 19.9 Å². The van der Waals surface area contributed by atoms with Crippen LogP contribution in [0, 0.1) is 0 Å². The van der Waals surface area contributed by atoms with Crippen LogP contribution in [0.1, 0.15) is 25.5 Å². The lowest BCUT2D eigenvalue weighted by molar-refractivity contribution is -0.136. The molecule has 0 fully saturated rings. The van der Waals surface area contributed by atoms with Gasteiger partial charge in [0.15, 0.2) is 0 Å². The average molecular weight is 309 g/mol. The van der Waals surface area contributed by atoms with E-state index in [4.69, 9.17) is 16.3 Å². The third-order valence-corrected chi connectivity index (χ3v) is 3.77. The number of hydrogen-bond donors (Lipinski definition) is 1. The van der Waals surface area contributed by atoms with Gasteiger partial charge in [-0.2, -0.15) is 0 Å². The second kappa shape index (κ2) is 6.18. The third kappa shape index (κ3) is 2.88. The molecule has 0 saturated carbocycles. The zero-order valence-electron chi connectivity index (χ0n) is 12.1. The summed E-state index contributed by atoms with van der Waals surface area (Å²) in [5.74, 6) is -0.453. The lowest BCUT2D eigenvalue weighted by Gasteiger charge is -2.34. The summed E-state index contributed by atoms with van der Waals surface area (Å²) in [6, 6.07) is 6.24. The molecule has 2 amide bonds. The number of amides is 2. The van der Waals surface area contributed by atoms with Crippen LogP contribution in [-0.2, 0) is 9.53 Å². The monoisotopic (exact) mass is 308 g/mol. The number of allylic oxidation sites excluding steroid dienone is 1. The molecule has 1 N–H and O–H groups in total. The Kier molecular flexibility index (Phi) is 4.53. The number of halogens is 1. The van der Waals surface area contributed by atoms with Gasteiger partial charge in [-0.1, -0.05) is 23.7 Å². The van der Waals surface area contributed by atoms with Gasteiger partial charge in [-0.05, 0) is 31.5 Å². The van der Waals surface area contributed by atoms with Gasteiger partial charge in [0, 0.05) is 17.3 Å². The first-order chi connectivity index (χ1) is 9.99. The van der Waals surface area contributed by atoms with Crippen LogP contribution in [0.3, 0.4) is 0 Å². The van der Waals surface area contributed by atoms with E-state index in [0.29, 0.717) is 22.8 Å². The summed E-state index contributed by atoms with van der Waals surface area (Å²) in [6.07, 6.45) is 0. The zero-order valence-corrected chi connectivity index (χ0v) is 12.9. The van der Waals surface area contributed by atoms with E-state index in [1.54, 1.807) is 31.2 Å². The molecule has 0 spiro atoms. The number of methoxy groups -OCH3 is 1. The number of esters is 1. The van der Waals surface area contributed by atoms with Gasteiger partial charge in [0.2, 0.25) is 0 Å². The summed E-state index contributed by atoms with van der Waals surface area (Å²) in [5, 5.41) is 3.43. The minimum absolute atomic E-state index is 0.234. The molecule has 1 aliphatic heterocycles. The number of nitrogens with zero attached hydrogens (tertiary/aromatic N) is 1. The highest BCUT2D eigenvalue weighted by molar-refractivity contribution is 6.30. The van der Waals surface area contributed by atoms with E-state index in [2.05, 4.69) is 5.32 Å². The number of ether oxygens (including phenoxy) is 1. The van der Waals surface area contributed by atoms with E-state index < -0.39 is 12.0 Å². The molecule has 1 heterocycles. The highest BCUT2D eigenvalue weighted by Crippen LogP contribution is 2.31. The number of hydrogen-bond acceptors (Lipinski definition) is 3. The molecule has 0 unspecified atom stereocenters. The van der Waals surface area contributed by atoms with Crippen molar-refractivity contribution < 1.29 is 14.3 Å². The van der Waals surface area contributed by atoms with Gasteiger partial charge in [-0.3, -0.25) is 4.90 Å². The van der Waals surface area contributed by atoms with Gasteiger partial charge in [-0.15, -0.1) is 0 Å². The summed E-state index contributed by atoms with van der Waals surface area (Å²) < 4.78 is 4.86. The molecule has 0 radical (unpaired) electrons. The van der Waals surface area contributed by atoms with E-state index in [0.717, 1.165) is 5.56 Å². The average Bonchev–Trinajstić information content (AvgIpc) is 2.47. The first-order valence-electron chi connectivity index (χ1n) is 6.62. The van der Waals surface area contributed by atoms with Crippen molar-refractivity contribution >= 4 is 23.6 Å². The van der Waals surface area contributed by atoms with Crippen molar-refractivity contribution in [1.82, 2.24) is 10.2 Å². The summed E-state index contributed by atoms with van der Waals surface area (Å²) in [6.45, 7) is 4.07. The van der Waals surface area contributed by atoms with Crippen LogP contribution in [0.25, 0.3) is 0 Å². The molecule has 2 rings (SSSR count). The topological polar surface area (TPSA) is 58.6 Å². The van der Waals surface area contributed by atoms with Crippen LogP contribution in [0.5, 0.6) is 0 Å². The van der Waals surface area contributed by atoms with E-state index in [1.165, 1.54) is 12.0 Å². The first kappa shape index (κ1) is 15.4. The Bertz CT molecular complexity index is 595. The molecule has 1 aromatic rings. The van der Waals surface area contributed by atoms with Gasteiger partial charge in [0.25, 0.3) is 0 Å². The van der Waals surface area contributed by atoms with E-state index >= 15 is 0 Å². The number of urea groups is 1. The number of carbonyl (C=O) groups is 2. The molecular weight excluding hydrogens is 292 g/mol. The normalized spacial score (nSPS) is 18.6. The largest absolute Gasteiger partial charge is 0.466 e. The Labute approximate surface area is 128 Å². The predicted molar refractivity (Wildman–Crippen MR) is 79.8 cm³/mol. The van der Waals surface area contributed by atoms with Crippen molar-refractivity contribution in [1.29, 1.82) is 0 Å². The molecule has 21 heavy (non-hydrogen) atoms. The molecule has 0 saturated heterocycles. The highest BCUT2D eigenvalue weighted by Gasteiger charge is 2.35. The van der Waals surface area contributed by atoms with Crippen molar-refractivity contribution in [3.8, 4) is 0 Å². The zero-order chi connectivity index (χ0) is 15.6. The first-order valence-corrected chi connectivity index (χ1v) is 7.00. The minimum atomic E-state index is -0.537. The van der Waals surface area contributed by atoms with E-state index in [9.17, 15) is 9.59 Å². The Morgan fingerprint density at radius 3 is 2.52 bits per heavy atom. The second-order valence-corrected chi connectivity index (χ2v) is 5.11. The standard InChI is InChI=1S/C15H17ClN2O3/c1-4-18-9(2)12(14(19)21-3)13(17-15(18)20)10-5-7-11(16)8-6-10/h5-8,13H,4H2,1-3H3,(H,17,20)/t13-/m0/s1. The lowest BCUT2D eigenvalue weighted by atomic mass is 9.95. The number of benzene rings is 1. The molecule has 5 nitrogen and oxygen atoms in total.